The van der Waals surface area contributed by atoms with Gasteiger partial charge in [0.05, 0.1) is 16.7 Å². The Balaban J connectivity index is 1.55. The second-order valence-electron chi connectivity index (χ2n) is 5.74. The van der Waals surface area contributed by atoms with Crippen molar-refractivity contribution in [1.82, 2.24) is 15.1 Å². The molecule has 0 aliphatic carbocycles. The number of amides is 1. The molecule has 5 nitrogen and oxygen atoms in total. The topological polar surface area (TPSA) is 56.2 Å². The van der Waals surface area contributed by atoms with Crippen molar-refractivity contribution < 1.29 is 9.53 Å². The van der Waals surface area contributed by atoms with Gasteiger partial charge in [0.2, 0.25) is 0 Å². The summed E-state index contributed by atoms with van der Waals surface area (Å²) in [5.41, 5.74) is 2.61. The van der Waals surface area contributed by atoms with Gasteiger partial charge in [0.15, 0.2) is 0 Å². The Labute approximate surface area is 161 Å². The number of ether oxygens (including phenoxy) is 1. The fraction of sp³-hybridized carbons (Fsp3) is 0.200. The van der Waals surface area contributed by atoms with Gasteiger partial charge in [-0.25, -0.2) is 0 Å². The molecule has 0 bridgehead atoms. The molecule has 0 aliphatic rings. The average Bonchev–Trinajstić information content (AvgIpc) is 3.13. The van der Waals surface area contributed by atoms with Gasteiger partial charge in [-0.1, -0.05) is 24.3 Å². The molecule has 1 aromatic heterocycles. The van der Waals surface area contributed by atoms with E-state index < -0.39 is 0 Å². The number of carbonyl (C=O) groups is 1. The van der Waals surface area contributed by atoms with Crippen molar-refractivity contribution in [2.24, 2.45) is 0 Å². The minimum atomic E-state index is -0.105. The molecule has 0 unspecified atom stereocenters. The summed E-state index contributed by atoms with van der Waals surface area (Å²) in [4.78, 5) is 12.3. The molecule has 3 rings (SSSR count). The van der Waals surface area contributed by atoms with Crippen LogP contribution in [0.2, 0.25) is 0 Å². The molecule has 6 heteroatoms. The normalized spacial score (nSPS) is 10.5. The van der Waals surface area contributed by atoms with Crippen molar-refractivity contribution >= 4 is 21.8 Å². The number of para-hydroxylation sites is 1. The molecule has 0 spiro atoms. The third-order valence-corrected chi connectivity index (χ3v) is 4.64. The zero-order valence-corrected chi connectivity index (χ0v) is 16.1. The fourth-order valence-corrected chi connectivity index (χ4v) is 2.94. The smallest absolute Gasteiger partial charge is 0.251 e. The molecule has 134 valence electrons. The third-order valence-electron chi connectivity index (χ3n) is 3.98. The van der Waals surface area contributed by atoms with Gasteiger partial charge in [0.1, 0.15) is 12.4 Å². The van der Waals surface area contributed by atoms with Gasteiger partial charge in [-0.2, -0.15) is 5.10 Å². The van der Waals surface area contributed by atoms with Crippen LogP contribution in [0.5, 0.6) is 5.75 Å². The minimum absolute atomic E-state index is 0.105. The number of hydrogen-bond donors (Lipinski definition) is 1. The van der Waals surface area contributed by atoms with E-state index in [1.54, 1.807) is 6.20 Å². The highest BCUT2D eigenvalue weighted by molar-refractivity contribution is 9.10. The highest BCUT2D eigenvalue weighted by Crippen LogP contribution is 2.24. The van der Waals surface area contributed by atoms with Crippen molar-refractivity contribution in [3.05, 3.63) is 82.1 Å². The summed E-state index contributed by atoms with van der Waals surface area (Å²) in [5, 5.41) is 7.12. The van der Waals surface area contributed by atoms with E-state index in [0.717, 1.165) is 28.0 Å². The Morgan fingerprint density at radius 3 is 2.65 bits per heavy atom. The van der Waals surface area contributed by atoms with Crippen LogP contribution in [0.25, 0.3) is 0 Å². The molecule has 2 aromatic carbocycles. The highest BCUT2D eigenvalue weighted by Gasteiger charge is 2.08. The summed E-state index contributed by atoms with van der Waals surface area (Å²) >= 11 is 3.46. The molecule has 3 aromatic rings. The van der Waals surface area contributed by atoms with Crippen molar-refractivity contribution in [3.63, 3.8) is 0 Å². The minimum Gasteiger partial charge on any atom is -0.488 e. The largest absolute Gasteiger partial charge is 0.488 e. The lowest BCUT2D eigenvalue weighted by Crippen LogP contribution is -2.24. The maximum atomic E-state index is 12.3. The second-order valence-corrected chi connectivity index (χ2v) is 6.59. The van der Waals surface area contributed by atoms with Gasteiger partial charge in [-0.05, 0) is 58.7 Å². The van der Waals surface area contributed by atoms with Crippen molar-refractivity contribution in [1.29, 1.82) is 0 Å². The van der Waals surface area contributed by atoms with Gasteiger partial charge < -0.3 is 10.1 Å². The molecule has 0 saturated heterocycles. The van der Waals surface area contributed by atoms with Crippen LogP contribution in [0, 0.1) is 0 Å². The van der Waals surface area contributed by atoms with E-state index in [1.807, 2.05) is 66.2 Å². The quantitative estimate of drug-likeness (QED) is 0.631. The highest BCUT2D eigenvalue weighted by atomic mass is 79.9. The van der Waals surface area contributed by atoms with Gasteiger partial charge in [0.25, 0.3) is 5.91 Å². The Kier molecular flexibility index (Phi) is 6.07. The van der Waals surface area contributed by atoms with Crippen LogP contribution < -0.4 is 10.1 Å². The van der Waals surface area contributed by atoms with Crippen LogP contribution in [-0.2, 0) is 19.7 Å². The van der Waals surface area contributed by atoms with Crippen molar-refractivity contribution in [3.8, 4) is 5.75 Å². The molecular formula is C20H20BrN3O2. The Hall–Kier alpha value is -2.60. The number of rotatable bonds is 7. The SMILES string of the molecule is CCn1nccc1CNC(=O)c1ccc(COc2ccccc2Br)cc1. The van der Waals surface area contributed by atoms with Gasteiger partial charge in [-0.3, -0.25) is 9.48 Å². The van der Waals surface area contributed by atoms with Crippen molar-refractivity contribution in [2.45, 2.75) is 26.6 Å². The number of halogens is 1. The van der Waals surface area contributed by atoms with E-state index in [9.17, 15) is 4.79 Å². The fourth-order valence-electron chi connectivity index (χ4n) is 2.54. The van der Waals surface area contributed by atoms with Crippen LogP contribution in [0.3, 0.4) is 0 Å². The molecule has 0 aliphatic heterocycles. The number of aryl methyl sites for hydroxylation is 1. The lowest BCUT2D eigenvalue weighted by molar-refractivity contribution is 0.0950. The van der Waals surface area contributed by atoms with Gasteiger partial charge in [-0.15, -0.1) is 0 Å². The molecule has 1 heterocycles. The predicted octanol–water partition coefficient (Wildman–Crippen LogP) is 4.17. The standard InChI is InChI=1S/C20H20BrN3O2/c1-2-24-17(11-12-23-24)13-22-20(25)16-9-7-15(8-10-16)14-26-19-6-4-3-5-18(19)21/h3-12H,2,13-14H2,1H3,(H,22,25). The molecule has 0 radical (unpaired) electrons. The maximum absolute atomic E-state index is 12.3. The maximum Gasteiger partial charge on any atom is 0.251 e. The van der Waals surface area contributed by atoms with E-state index in [-0.39, 0.29) is 5.91 Å². The molecular weight excluding hydrogens is 394 g/mol. The monoisotopic (exact) mass is 413 g/mol. The summed E-state index contributed by atoms with van der Waals surface area (Å²) in [5.74, 6) is 0.689. The molecule has 26 heavy (non-hydrogen) atoms. The molecule has 1 N–H and O–H groups in total. The van der Waals surface area contributed by atoms with Crippen LogP contribution in [0.1, 0.15) is 28.5 Å². The van der Waals surface area contributed by atoms with Crippen LogP contribution in [-0.4, -0.2) is 15.7 Å². The first-order valence-corrected chi connectivity index (χ1v) is 9.22. The van der Waals surface area contributed by atoms with Gasteiger partial charge in [0, 0.05) is 18.3 Å². The van der Waals surface area contributed by atoms with Crippen LogP contribution in [0.15, 0.2) is 65.3 Å². The first-order valence-electron chi connectivity index (χ1n) is 8.42. The third kappa shape index (κ3) is 4.52. The van der Waals surface area contributed by atoms with Gasteiger partial charge >= 0.3 is 0 Å². The number of benzene rings is 2. The zero-order valence-electron chi connectivity index (χ0n) is 14.5. The predicted molar refractivity (Wildman–Crippen MR) is 104 cm³/mol. The summed E-state index contributed by atoms with van der Waals surface area (Å²) in [7, 11) is 0. The molecule has 0 atom stereocenters. The average molecular weight is 414 g/mol. The molecule has 1 amide bonds. The zero-order chi connectivity index (χ0) is 18.4. The van der Waals surface area contributed by atoms with Crippen LogP contribution in [0.4, 0.5) is 0 Å². The molecule has 0 fully saturated rings. The lowest BCUT2D eigenvalue weighted by atomic mass is 10.1. The Morgan fingerprint density at radius 1 is 1.15 bits per heavy atom. The van der Waals surface area contributed by atoms with E-state index in [0.29, 0.717) is 18.7 Å². The van der Waals surface area contributed by atoms with E-state index in [4.69, 9.17) is 4.74 Å². The van der Waals surface area contributed by atoms with E-state index >= 15 is 0 Å². The first-order chi connectivity index (χ1) is 12.7. The Bertz CT molecular complexity index is 875. The van der Waals surface area contributed by atoms with E-state index in [1.165, 1.54) is 0 Å². The van der Waals surface area contributed by atoms with Crippen molar-refractivity contribution in [2.75, 3.05) is 0 Å². The van der Waals surface area contributed by atoms with E-state index in [2.05, 4.69) is 26.3 Å². The van der Waals surface area contributed by atoms with Crippen LogP contribution >= 0.6 is 15.9 Å². The first kappa shape index (κ1) is 18.2. The summed E-state index contributed by atoms with van der Waals surface area (Å²) in [6.45, 7) is 3.71. The second kappa shape index (κ2) is 8.67. The number of nitrogens with one attached hydrogen (secondary N) is 1. The summed E-state index contributed by atoms with van der Waals surface area (Å²) in [6, 6.07) is 17.1. The lowest BCUT2D eigenvalue weighted by Gasteiger charge is -2.09. The summed E-state index contributed by atoms with van der Waals surface area (Å²) in [6.07, 6.45) is 1.74. The number of hydrogen-bond acceptors (Lipinski definition) is 3. The molecule has 0 saturated carbocycles. The Morgan fingerprint density at radius 2 is 1.92 bits per heavy atom. The summed E-state index contributed by atoms with van der Waals surface area (Å²) < 4.78 is 8.57. The number of carbonyl (C=O) groups excluding carboxylic acids is 1. The number of aromatic nitrogens is 2. The number of nitrogens with zero attached hydrogens (tertiary/aromatic N) is 2.